The minimum absolute atomic E-state index is 0.551. The van der Waals surface area contributed by atoms with Gasteiger partial charge < -0.3 is 5.32 Å². The van der Waals surface area contributed by atoms with Crippen molar-refractivity contribution in [1.29, 1.82) is 0 Å². The van der Waals surface area contributed by atoms with Crippen molar-refractivity contribution in [2.45, 2.75) is 18.9 Å². The van der Waals surface area contributed by atoms with Crippen molar-refractivity contribution in [3.63, 3.8) is 0 Å². The molecule has 1 atom stereocenters. The number of rotatable bonds is 3. The second-order valence-corrected chi connectivity index (χ2v) is 4.09. The van der Waals surface area contributed by atoms with Crippen LogP contribution in [-0.2, 0) is 6.42 Å². The molecule has 0 saturated heterocycles. The van der Waals surface area contributed by atoms with E-state index in [9.17, 15) is 0 Å². The number of aryl methyl sites for hydroxylation is 1. The van der Waals surface area contributed by atoms with Crippen LogP contribution in [0.25, 0.3) is 0 Å². The first-order valence-corrected chi connectivity index (χ1v) is 5.90. The molecule has 2 heteroatoms. The maximum absolute atomic E-state index is 3.52. The highest BCUT2D eigenvalue weighted by Crippen LogP contribution is 2.30. The van der Waals surface area contributed by atoms with Crippen LogP contribution in [0.4, 0.5) is 0 Å². The van der Waals surface area contributed by atoms with Crippen molar-refractivity contribution in [2.24, 2.45) is 0 Å². The van der Waals surface area contributed by atoms with Crippen molar-refractivity contribution in [2.75, 3.05) is 6.54 Å². The van der Waals surface area contributed by atoms with Crippen LogP contribution in [0.1, 0.15) is 23.6 Å². The molecule has 74 valence electrons. The predicted molar refractivity (Wildman–Crippen MR) is 63.6 cm³/mol. The van der Waals surface area contributed by atoms with Gasteiger partial charge in [0.05, 0.1) is 0 Å². The summed E-state index contributed by atoms with van der Waals surface area (Å²) < 4.78 is 0. The molecular weight excluding hydrogens is 238 g/mol. The molecule has 1 aliphatic carbocycles. The normalized spacial score (nSPS) is 20.2. The third kappa shape index (κ3) is 2.07. The SMILES string of the molecule is BrC=CCN[C@@H]1CCc2ccccc21. The molecule has 0 saturated carbocycles. The van der Waals surface area contributed by atoms with Gasteiger partial charge in [-0.3, -0.25) is 0 Å². The second kappa shape index (κ2) is 4.76. The number of hydrogen-bond donors (Lipinski definition) is 1. The van der Waals surface area contributed by atoms with Gasteiger partial charge >= 0.3 is 0 Å². The average molecular weight is 252 g/mol. The molecule has 0 aromatic heterocycles. The Balaban J connectivity index is 2.03. The lowest BCUT2D eigenvalue weighted by atomic mass is 10.1. The summed E-state index contributed by atoms with van der Waals surface area (Å²) in [6.45, 7) is 0.935. The summed E-state index contributed by atoms with van der Waals surface area (Å²) in [7, 11) is 0. The largest absolute Gasteiger partial charge is 0.306 e. The van der Waals surface area contributed by atoms with E-state index in [0.29, 0.717) is 6.04 Å². The van der Waals surface area contributed by atoms with E-state index >= 15 is 0 Å². The molecule has 0 radical (unpaired) electrons. The first kappa shape index (κ1) is 9.94. The van der Waals surface area contributed by atoms with Crippen LogP contribution in [0.2, 0.25) is 0 Å². The van der Waals surface area contributed by atoms with E-state index in [1.54, 1.807) is 0 Å². The number of nitrogens with one attached hydrogen (secondary N) is 1. The Morgan fingerprint density at radius 1 is 1.43 bits per heavy atom. The molecule has 0 unspecified atom stereocenters. The van der Waals surface area contributed by atoms with Crippen LogP contribution in [0.3, 0.4) is 0 Å². The molecule has 1 nitrogen and oxygen atoms in total. The summed E-state index contributed by atoms with van der Waals surface area (Å²) in [6.07, 6.45) is 4.53. The first-order chi connectivity index (χ1) is 6.92. The highest BCUT2D eigenvalue weighted by molar-refractivity contribution is 9.11. The highest BCUT2D eigenvalue weighted by atomic mass is 79.9. The van der Waals surface area contributed by atoms with Gasteiger partial charge in [-0.25, -0.2) is 0 Å². The zero-order chi connectivity index (χ0) is 9.80. The molecule has 0 aliphatic heterocycles. The fraction of sp³-hybridized carbons (Fsp3) is 0.333. The van der Waals surface area contributed by atoms with Crippen molar-refractivity contribution in [3.05, 3.63) is 46.5 Å². The van der Waals surface area contributed by atoms with Gasteiger partial charge in [-0.15, -0.1) is 0 Å². The maximum atomic E-state index is 3.52. The van der Waals surface area contributed by atoms with Gasteiger partial charge in [0.2, 0.25) is 0 Å². The van der Waals surface area contributed by atoms with Gasteiger partial charge in [0.1, 0.15) is 0 Å². The van der Waals surface area contributed by atoms with Crippen LogP contribution in [0, 0.1) is 0 Å². The zero-order valence-electron chi connectivity index (χ0n) is 8.04. The van der Waals surface area contributed by atoms with Crippen LogP contribution in [0.15, 0.2) is 35.3 Å². The van der Waals surface area contributed by atoms with Gasteiger partial charge in [-0.2, -0.15) is 0 Å². The third-order valence-electron chi connectivity index (χ3n) is 2.70. The lowest BCUT2D eigenvalue weighted by molar-refractivity contribution is 0.564. The minimum Gasteiger partial charge on any atom is -0.306 e. The lowest BCUT2D eigenvalue weighted by Crippen LogP contribution is -2.18. The van der Waals surface area contributed by atoms with Gasteiger partial charge in [-0.05, 0) is 29.0 Å². The third-order valence-corrected chi connectivity index (χ3v) is 3.08. The Morgan fingerprint density at radius 3 is 3.14 bits per heavy atom. The van der Waals surface area contributed by atoms with E-state index < -0.39 is 0 Å². The van der Waals surface area contributed by atoms with Crippen LogP contribution >= 0.6 is 15.9 Å². The van der Waals surface area contributed by atoms with Crippen LogP contribution in [0.5, 0.6) is 0 Å². The summed E-state index contributed by atoms with van der Waals surface area (Å²) in [4.78, 5) is 1.90. The van der Waals surface area contributed by atoms with Crippen molar-refractivity contribution < 1.29 is 0 Å². The van der Waals surface area contributed by atoms with E-state index in [4.69, 9.17) is 0 Å². The van der Waals surface area contributed by atoms with E-state index in [-0.39, 0.29) is 0 Å². The highest BCUT2D eigenvalue weighted by Gasteiger charge is 2.20. The summed E-state index contributed by atoms with van der Waals surface area (Å²) >= 11 is 3.27. The Morgan fingerprint density at radius 2 is 2.29 bits per heavy atom. The molecule has 14 heavy (non-hydrogen) atoms. The number of hydrogen-bond acceptors (Lipinski definition) is 1. The molecule has 1 aromatic rings. The van der Waals surface area contributed by atoms with Gasteiger partial charge in [-0.1, -0.05) is 46.3 Å². The number of fused-ring (bicyclic) bond motifs is 1. The molecule has 0 spiro atoms. The smallest absolute Gasteiger partial charge is 0.0328 e. The molecule has 0 bridgehead atoms. The topological polar surface area (TPSA) is 12.0 Å². The molecule has 0 heterocycles. The Labute approximate surface area is 93.3 Å². The number of benzene rings is 1. The van der Waals surface area contributed by atoms with Crippen molar-refractivity contribution in [3.8, 4) is 0 Å². The van der Waals surface area contributed by atoms with Crippen LogP contribution in [-0.4, -0.2) is 6.54 Å². The summed E-state index contributed by atoms with van der Waals surface area (Å²) in [6, 6.07) is 9.27. The molecular formula is C12H14BrN. The fourth-order valence-corrected chi connectivity index (χ4v) is 2.21. The summed E-state index contributed by atoms with van der Waals surface area (Å²) in [5.74, 6) is 0. The average Bonchev–Trinajstić information content (AvgIpc) is 2.63. The quantitative estimate of drug-likeness (QED) is 0.871. The second-order valence-electron chi connectivity index (χ2n) is 3.56. The van der Waals surface area contributed by atoms with Crippen molar-refractivity contribution >= 4 is 15.9 Å². The Bertz CT molecular complexity index is 333. The minimum atomic E-state index is 0.551. The number of halogens is 1. The molecule has 0 fully saturated rings. The maximum Gasteiger partial charge on any atom is 0.0328 e. The Hall–Kier alpha value is -0.600. The predicted octanol–water partition coefficient (Wildman–Crippen LogP) is 3.17. The molecule has 0 amide bonds. The summed E-state index contributed by atoms with van der Waals surface area (Å²) in [5, 5.41) is 3.52. The van der Waals surface area contributed by atoms with Gasteiger partial charge in [0.15, 0.2) is 0 Å². The van der Waals surface area contributed by atoms with E-state index in [1.807, 2.05) is 4.99 Å². The first-order valence-electron chi connectivity index (χ1n) is 4.98. The fourth-order valence-electron chi connectivity index (χ4n) is 2.02. The van der Waals surface area contributed by atoms with Crippen LogP contribution < -0.4 is 5.32 Å². The zero-order valence-corrected chi connectivity index (χ0v) is 9.63. The van der Waals surface area contributed by atoms with E-state index in [2.05, 4.69) is 51.6 Å². The molecule has 1 aliphatic rings. The van der Waals surface area contributed by atoms with E-state index in [0.717, 1.165) is 6.54 Å². The Kier molecular flexibility index (Phi) is 3.38. The monoisotopic (exact) mass is 251 g/mol. The lowest BCUT2D eigenvalue weighted by Gasteiger charge is -2.11. The van der Waals surface area contributed by atoms with Crippen molar-refractivity contribution in [1.82, 2.24) is 5.32 Å². The van der Waals surface area contributed by atoms with Gasteiger partial charge in [0.25, 0.3) is 0 Å². The molecule has 1 N–H and O–H groups in total. The molecule has 2 rings (SSSR count). The summed E-state index contributed by atoms with van der Waals surface area (Å²) in [5.41, 5.74) is 2.99. The van der Waals surface area contributed by atoms with E-state index in [1.165, 1.54) is 24.0 Å². The standard InChI is InChI=1S/C12H14BrN/c13-8-3-9-14-12-7-6-10-4-1-2-5-11(10)12/h1-5,8,12,14H,6-7,9H2/t12-/m1/s1. The molecule has 1 aromatic carbocycles. The van der Waals surface area contributed by atoms with Gasteiger partial charge in [0, 0.05) is 12.6 Å².